The van der Waals surface area contributed by atoms with E-state index in [0.29, 0.717) is 18.8 Å². The lowest BCUT2D eigenvalue weighted by molar-refractivity contribution is -0.139. The van der Waals surface area contributed by atoms with E-state index in [9.17, 15) is 9.59 Å². The fraction of sp³-hybridized carbons (Fsp3) is 0.818. The average molecular weight is 278 g/mol. The first-order chi connectivity index (χ1) is 8.32. The average Bonchev–Trinajstić information content (AvgIpc) is 2.22. The lowest BCUT2D eigenvalue weighted by atomic mass is 10.1. The standard InChI is InChI=1S/C11H22N2O4S/c1-11(2,7-17-3)13-10(16)12-8(9(14)15)5-6-18-4/h8H,5-7H2,1-4H3,(H,14,15)(H2,12,13,16)/t8-/m0/s1. The lowest BCUT2D eigenvalue weighted by Gasteiger charge is -2.26. The molecule has 0 aliphatic carbocycles. The Hall–Kier alpha value is -0.950. The number of carboxylic acids is 1. The molecule has 6 nitrogen and oxygen atoms in total. The fourth-order valence-corrected chi connectivity index (χ4v) is 1.86. The number of aliphatic carboxylic acids is 1. The van der Waals surface area contributed by atoms with Crippen LogP contribution < -0.4 is 10.6 Å². The second-order valence-electron chi connectivity index (χ2n) is 4.59. The summed E-state index contributed by atoms with van der Waals surface area (Å²) in [5, 5.41) is 14.1. The Morgan fingerprint density at radius 3 is 2.50 bits per heavy atom. The minimum absolute atomic E-state index is 0.350. The Morgan fingerprint density at radius 2 is 2.06 bits per heavy atom. The Morgan fingerprint density at radius 1 is 1.44 bits per heavy atom. The zero-order valence-corrected chi connectivity index (χ0v) is 12.1. The quantitative estimate of drug-likeness (QED) is 0.614. The van der Waals surface area contributed by atoms with Gasteiger partial charge in [-0.05, 0) is 32.3 Å². The normalized spacial score (nSPS) is 12.9. The predicted octanol–water partition coefficient (Wildman–Crippen LogP) is 0.917. The van der Waals surface area contributed by atoms with Crippen molar-refractivity contribution in [2.45, 2.75) is 31.8 Å². The zero-order valence-electron chi connectivity index (χ0n) is 11.3. The predicted molar refractivity (Wildman–Crippen MR) is 72.0 cm³/mol. The van der Waals surface area contributed by atoms with Gasteiger partial charge in [0.25, 0.3) is 0 Å². The number of carbonyl (C=O) groups excluding carboxylic acids is 1. The Kier molecular flexibility index (Phi) is 7.77. The van der Waals surface area contributed by atoms with Gasteiger partial charge < -0.3 is 20.5 Å². The minimum Gasteiger partial charge on any atom is -0.480 e. The van der Waals surface area contributed by atoms with E-state index < -0.39 is 23.6 Å². The van der Waals surface area contributed by atoms with Gasteiger partial charge in [-0.1, -0.05) is 0 Å². The Labute approximate surface area is 112 Å². The summed E-state index contributed by atoms with van der Waals surface area (Å²) in [6, 6.07) is -1.36. The highest BCUT2D eigenvalue weighted by Gasteiger charge is 2.24. The summed E-state index contributed by atoms with van der Waals surface area (Å²) < 4.78 is 4.96. The van der Waals surface area contributed by atoms with E-state index in [-0.39, 0.29) is 0 Å². The highest BCUT2D eigenvalue weighted by molar-refractivity contribution is 7.98. The van der Waals surface area contributed by atoms with Crippen LogP contribution in [0.3, 0.4) is 0 Å². The van der Waals surface area contributed by atoms with Crippen LogP contribution in [-0.2, 0) is 9.53 Å². The molecule has 3 N–H and O–H groups in total. The number of thioether (sulfide) groups is 1. The number of rotatable bonds is 8. The molecule has 7 heteroatoms. The molecule has 0 saturated carbocycles. The van der Waals surface area contributed by atoms with Gasteiger partial charge >= 0.3 is 12.0 Å². The molecular weight excluding hydrogens is 256 g/mol. The largest absolute Gasteiger partial charge is 0.480 e. The number of urea groups is 1. The molecule has 0 saturated heterocycles. The number of hydrogen-bond donors (Lipinski definition) is 3. The highest BCUT2D eigenvalue weighted by atomic mass is 32.2. The van der Waals surface area contributed by atoms with E-state index in [2.05, 4.69) is 10.6 Å². The van der Waals surface area contributed by atoms with Gasteiger partial charge in [-0.15, -0.1) is 0 Å². The number of hydrogen-bond acceptors (Lipinski definition) is 4. The van der Waals surface area contributed by atoms with Crippen LogP contribution in [-0.4, -0.2) is 54.4 Å². The van der Waals surface area contributed by atoms with Gasteiger partial charge in [0.15, 0.2) is 0 Å². The second kappa shape index (κ2) is 8.20. The molecule has 2 amide bonds. The van der Waals surface area contributed by atoms with Crippen molar-refractivity contribution in [2.75, 3.05) is 25.7 Å². The third-order valence-electron chi connectivity index (χ3n) is 2.17. The summed E-state index contributed by atoms with van der Waals surface area (Å²) in [5.74, 6) is -0.345. The monoisotopic (exact) mass is 278 g/mol. The number of nitrogens with one attached hydrogen (secondary N) is 2. The third-order valence-corrected chi connectivity index (χ3v) is 2.82. The number of methoxy groups -OCH3 is 1. The molecule has 18 heavy (non-hydrogen) atoms. The summed E-state index contributed by atoms with van der Waals surface area (Å²) >= 11 is 1.54. The maximum absolute atomic E-state index is 11.7. The molecule has 0 fully saturated rings. The first-order valence-electron chi connectivity index (χ1n) is 5.61. The molecule has 0 aliphatic rings. The van der Waals surface area contributed by atoms with Crippen molar-refractivity contribution in [3.63, 3.8) is 0 Å². The number of carboxylic acid groups (broad SMARTS) is 1. The first-order valence-corrected chi connectivity index (χ1v) is 7.01. The molecule has 1 atom stereocenters. The van der Waals surface area contributed by atoms with E-state index in [4.69, 9.17) is 9.84 Å². The first kappa shape index (κ1) is 17.1. The number of ether oxygens (including phenoxy) is 1. The van der Waals surface area contributed by atoms with Gasteiger partial charge in [0.1, 0.15) is 6.04 Å². The van der Waals surface area contributed by atoms with E-state index in [0.717, 1.165) is 0 Å². The van der Waals surface area contributed by atoms with Crippen LogP contribution in [0.1, 0.15) is 20.3 Å². The number of carbonyl (C=O) groups is 2. The van der Waals surface area contributed by atoms with Gasteiger partial charge in [-0.2, -0.15) is 11.8 Å². The topological polar surface area (TPSA) is 87.7 Å². The molecule has 0 aliphatic heterocycles. The van der Waals surface area contributed by atoms with Crippen LogP contribution in [0.2, 0.25) is 0 Å². The molecule has 0 aromatic carbocycles. The maximum atomic E-state index is 11.7. The lowest BCUT2D eigenvalue weighted by Crippen LogP contribution is -2.54. The van der Waals surface area contributed by atoms with Gasteiger partial charge in [-0.3, -0.25) is 0 Å². The smallest absolute Gasteiger partial charge is 0.326 e. The van der Waals surface area contributed by atoms with Crippen molar-refractivity contribution < 1.29 is 19.4 Å². The molecule has 106 valence electrons. The number of amides is 2. The van der Waals surface area contributed by atoms with Crippen molar-refractivity contribution in [3.8, 4) is 0 Å². The summed E-state index contributed by atoms with van der Waals surface area (Å²) in [5.41, 5.74) is -0.540. The van der Waals surface area contributed by atoms with E-state index in [1.807, 2.05) is 6.26 Å². The summed E-state index contributed by atoms with van der Waals surface area (Å²) in [6.07, 6.45) is 2.29. The van der Waals surface area contributed by atoms with Crippen LogP contribution in [0, 0.1) is 0 Å². The summed E-state index contributed by atoms with van der Waals surface area (Å²) in [7, 11) is 1.54. The Bertz CT molecular complexity index is 284. The molecule has 0 aromatic rings. The van der Waals surface area contributed by atoms with Crippen LogP contribution in [0.15, 0.2) is 0 Å². The van der Waals surface area contributed by atoms with Crippen molar-refractivity contribution in [1.29, 1.82) is 0 Å². The highest BCUT2D eigenvalue weighted by Crippen LogP contribution is 2.04. The van der Waals surface area contributed by atoms with Gasteiger partial charge in [0.2, 0.25) is 0 Å². The molecule has 0 rings (SSSR count). The molecular formula is C11H22N2O4S. The SMILES string of the molecule is COCC(C)(C)NC(=O)N[C@@H](CCSC)C(=O)O. The van der Waals surface area contributed by atoms with Crippen molar-refractivity contribution in [2.24, 2.45) is 0 Å². The third kappa shape index (κ3) is 7.39. The van der Waals surface area contributed by atoms with Gasteiger partial charge in [-0.25, -0.2) is 9.59 Å². The van der Waals surface area contributed by atoms with Gasteiger partial charge in [0.05, 0.1) is 12.1 Å². The van der Waals surface area contributed by atoms with Crippen LogP contribution in [0.25, 0.3) is 0 Å². The minimum atomic E-state index is -1.02. The molecule has 0 heterocycles. The summed E-state index contributed by atoms with van der Waals surface area (Å²) in [4.78, 5) is 22.6. The molecule has 0 spiro atoms. The molecule has 0 radical (unpaired) electrons. The van der Waals surface area contributed by atoms with Crippen molar-refractivity contribution >= 4 is 23.8 Å². The maximum Gasteiger partial charge on any atom is 0.326 e. The van der Waals surface area contributed by atoms with Crippen molar-refractivity contribution in [1.82, 2.24) is 10.6 Å². The van der Waals surface area contributed by atoms with Crippen LogP contribution in [0.5, 0.6) is 0 Å². The summed E-state index contributed by atoms with van der Waals surface area (Å²) in [6.45, 7) is 3.95. The van der Waals surface area contributed by atoms with E-state index >= 15 is 0 Å². The van der Waals surface area contributed by atoms with E-state index in [1.54, 1.807) is 32.7 Å². The van der Waals surface area contributed by atoms with Crippen molar-refractivity contribution in [3.05, 3.63) is 0 Å². The molecule has 0 bridgehead atoms. The second-order valence-corrected chi connectivity index (χ2v) is 5.57. The molecule has 0 aromatic heterocycles. The zero-order chi connectivity index (χ0) is 14.2. The fourth-order valence-electron chi connectivity index (χ4n) is 1.39. The Balaban J connectivity index is 4.29. The van der Waals surface area contributed by atoms with Crippen LogP contribution in [0.4, 0.5) is 4.79 Å². The van der Waals surface area contributed by atoms with E-state index in [1.165, 1.54) is 0 Å². The van der Waals surface area contributed by atoms with Crippen LogP contribution >= 0.6 is 11.8 Å². The molecule has 0 unspecified atom stereocenters. The van der Waals surface area contributed by atoms with Gasteiger partial charge in [0, 0.05) is 7.11 Å².